The summed E-state index contributed by atoms with van der Waals surface area (Å²) < 4.78 is 0. The van der Waals surface area contributed by atoms with E-state index in [9.17, 15) is 5.11 Å². The minimum atomic E-state index is -0.0000147. The second-order valence-electron chi connectivity index (χ2n) is 9.61. The van der Waals surface area contributed by atoms with Gasteiger partial charge in [0.15, 0.2) is 0 Å². The summed E-state index contributed by atoms with van der Waals surface area (Å²) in [4.78, 5) is 0. The van der Waals surface area contributed by atoms with E-state index in [1.54, 1.807) is 0 Å². The van der Waals surface area contributed by atoms with E-state index in [2.05, 4.69) is 20.8 Å². The third kappa shape index (κ3) is 1.92. The third-order valence-electron chi connectivity index (χ3n) is 9.11. The van der Waals surface area contributed by atoms with Crippen LogP contribution in [-0.4, -0.2) is 11.2 Å². The summed E-state index contributed by atoms with van der Waals surface area (Å²) in [5.74, 6) is 4.74. The molecule has 120 valence electrons. The van der Waals surface area contributed by atoms with Crippen LogP contribution in [0.25, 0.3) is 0 Å². The summed E-state index contributed by atoms with van der Waals surface area (Å²) in [6.45, 7) is 7.73. The van der Waals surface area contributed by atoms with Crippen molar-refractivity contribution in [2.75, 3.05) is 0 Å². The van der Waals surface area contributed by atoms with Crippen LogP contribution in [0.1, 0.15) is 78.6 Å². The quantitative estimate of drug-likeness (QED) is 0.663. The van der Waals surface area contributed by atoms with Crippen molar-refractivity contribution in [2.24, 2.45) is 40.4 Å². The number of rotatable bonds is 0. The molecule has 4 aliphatic carbocycles. The molecule has 4 fully saturated rings. The van der Waals surface area contributed by atoms with Crippen molar-refractivity contribution < 1.29 is 5.11 Å². The average molecular weight is 290 g/mol. The van der Waals surface area contributed by atoms with Crippen molar-refractivity contribution in [3.63, 3.8) is 0 Å². The first-order valence-corrected chi connectivity index (χ1v) is 9.63. The standard InChI is InChI=1S/C20H34O/c1-13-4-7-17-16-6-5-14-12-15(21)8-10-20(14,3)18(16)9-11-19(13,17)2/h13-18,21H,4-12H2,1-3H3/t13?,14-,15-,16+,17+,18+,19-,20+/m1/s1. The van der Waals surface area contributed by atoms with E-state index in [0.717, 1.165) is 42.4 Å². The van der Waals surface area contributed by atoms with Crippen LogP contribution in [0, 0.1) is 40.4 Å². The molecule has 0 radical (unpaired) electrons. The van der Waals surface area contributed by atoms with Gasteiger partial charge in [0.05, 0.1) is 6.10 Å². The van der Waals surface area contributed by atoms with E-state index in [1.807, 2.05) is 0 Å². The van der Waals surface area contributed by atoms with E-state index in [-0.39, 0.29) is 6.10 Å². The van der Waals surface area contributed by atoms with Crippen LogP contribution in [0.3, 0.4) is 0 Å². The average Bonchev–Trinajstić information content (AvgIpc) is 2.76. The summed E-state index contributed by atoms with van der Waals surface area (Å²) in [6.07, 6.45) is 12.2. The van der Waals surface area contributed by atoms with Crippen LogP contribution < -0.4 is 0 Å². The van der Waals surface area contributed by atoms with E-state index in [1.165, 1.54) is 44.9 Å². The molecule has 0 bridgehead atoms. The van der Waals surface area contributed by atoms with Gasteiger partial charge in [-0.2, -0.15) is 0 Å². The Bertz CT molecular complexity index is 418. The SMILES string of the molecule is CC1CC[C@H]2[C@@H]3CC[C@@H]4C[C@H](O)CC[C@]4(C)[C@H]3CC[C@]12C. The highest BCUT2D eigenvalue weighted by Crippen LogP contribution is 2.67. The molecular formula is C20H34O. The van der Waals surface area contributed by atoms with Crippen LogP contribution >= 0.6 is 0 Å². The lowest BCUT2D eigenvalue weighted by molar-refractivity contribution is -0.125. The number of hydrogen-bond donors (Lipinski definition) is 1. The predicted octanol–water partition coefficient (Wildman–Crippen LogP) is 5.03. The van der Waals surface area contributed by atoms with Gasteiger partial charge in [0.25, 0.3) is 0 Å². The molecule has 0 heterocycles. The van der Waals surface area contributed by atoms with Crippen molar-refractivity contribution in [2.45, 2.75) is 84.7 Å². The Morgan fingerprint density at radius 2 is 1.52 bits per heavy atom. The molecule has 1 heteroatoms. The molecule has 0 saturated heterocycles. The molecular weight excluding hydrogens is 256 g/mol. The van der Waals surface area contributed by atoms with Gasteiger partial charge in [0, 0.05) is 0 Å². The van der Waals surface area contributed by atoms with Crippen LogP contribution in [-0.2, 0) is 0 Å². The summed E-state index contributed by atoms with van der Waals surface area (Å²) in [7, 11) is 0. The second kappa shape index (κ2) is 4.73. The van der Waals surface area contributed by atoms with Crippen molar-refractivity contribution in [1.29, 1.82) is 0 Å². The first-order chi connectivity index (χ1) is 9.95. The molecule has 0 spiro atoms. The van der Waals surface area contributed by atoms with Gasteiger partial charge in [-0.15, -0.1) is 0 Å². The zero-order valence-corrected chi connectivity index (χ0v) is 14.3. The summed E-state index contributed by atoms with van der Waals surface area (Å²) in [6, 6.07) is 0. The fourth-order valence-corrected chi connectivity index (χ4v) is 7.50. The molecule has 8 atom stereocenters. The second-order valence-corrected chi connectivity index (χ2v) is 9.61. The van der Waals surface area contributed by atoms with Crippen molar-refractivity contribution in [3.8, 4) is 0 Å². The molecule has 0 amide bonds. The third-order valence-corrected chi connectivity index (χ3v) is 9.11. The van der Waals surface area contributed by atoms with E-state index < -0.39 is 0 Å². The van der Waals surface area contributed by atoms with E-state index >= 15 is 0 Å². The normalized spacial score (nSPS) is 60.0. The maximum atomic E-state index is 10.1. The molecule has 0 aromatic heterocycles. The molecule has 0 aliphatic heterocycles. The topological polar surface area (TPSA) is 20.2 Å². The van der Waals surface area contributed by atoms with Gasteiger partial charge >= 0.3 is 0 Å². The maximum Gasteiger partial charge on any atom is 0.0543 e. The Balaban J connectivity index is 1.62. The highest BCUT2D eigenvalue weighted by molar-refractivity contribution is 5.08. The minimum Gasteiger partial charge on any atom is -0.393 e. The van der Waals surface area contributed by atoms with Crippen molar-refractivity contribution in [3.05, 3.63) is 0 Å². The van der Waals surface area contributed by atoms with Crippen LogP contribution in [0.15, 0.2) is 0 Å². The number of aliphatic hydroxyl groups is 1. The zero-order chi connectivity index (χ0) is 14.8. The van der Waals surface area contributed by atoms with Crippen LogP contribution in [0.5, 0.6) is 0 Å². The Kier molecular flexibility index (Phi) is 3.27. The zero-order valence-electron chi connectivity index (χ0n) is 14.3. The summed E-state index contributed by atoms with van der Waals surface area (Å²) in [5.41, 5.74) is 1.20. The minimum absolute atomic E-state index is 0.0000147. The fraction of sp³-hybridized carbons (Fsp3) is 1.00. The van der Waals surface area contributed by atoms with Gasteiger partial charge in [-0.25, -0.2) is 0 Å². The molecule has 1 unspecified atom stereocenters. The predicted molar refractivity (Wildman–Crippen MR) is 86.9 cm³/mol. The highest BCUT2D eigenvalue weighted by atomic mass is 16.3. The Morgan fingerprint density at radius 1 is 0.810 bits per heavy atom. The van der Waals surface area contributed by atoms with Crippen molar-refractivity contribution >= 4 is 0 Å². The first-order valence-electron chi connectivity index (χ1n) is 9.63. The molecule has 1 nitrogen and oxygen atoms in total. The first kappa shape index (κ1) is 14.5. The Labute approximate surface area is 130 Å². The number of aliphatic hydroxyl groups excluding tert-OH is 1. The van der Waals surface area contributed by atoms with Gasteiger partial charge < -0.3 is 5.11 Å². The van der Waals surface area contributed by atoms with Gasteiger partial charge in [0.1, 0.15) is 0 Å². The maximum absolute atomic E-state index is 10.1. The summed E-state index contributed by atoms with van der Waals surface area (Å²) >= 11 is 0. The lowest BCUT2D eigenvalue weighted by Gasteiger charge is -2.60. The highest BCUT2D eigenvalue weighted by Gasteiger charge is 2.59. The van der Waals surface area contributed by atoms with E-state index in [4.69, 9.17) is 0 Å². The van der Waals surface area contributed by atoms with Gasteiger partial charge in [-0.05, 0) is 98.2 Å². The van der Waals surface area contributed by atoms with Crippen LogP contribution in [0.2, 0.25) is 0 Å². The molecule has 4 aliphatic rings. The van der Waals surface area contributed by atoms with Crippen molar-refractivity contribution in [1.82, 2.24) is 0 Å². The smallest absolute Gasteiger partial charge is 0.0543 e. The molecule has 0 aromatic carbocycles. The van der Waals surface area contributed by atoms with Gasteiger partial charge in [-0.3, -0.25) is 0 Å². The van der Waals surface area contributed by atoms with Crippen LogP contribution in [0.4, 0.5) is 0 Å². The Morgan fingerprint density at radius 3 is 2.33 bits per heavy atom. The molecule has 4 rings (SSSR count). The number of fused-ring (bicyclic) bond motifs is 5. The molecule has 0 aromatic rings. The fourth-order valence-electron chi connectivity index (χ4n) is 7.50. The lowest BCUT2D eigenvalue weighted by Crippen LogP contribution is -2.53. The lowest BCUT2D eigenvalue weighted by atomic mass is 9.45. The molecule has 21 heavy (non-hydrogen) atoms. The van der Waals surface area contributed by atoms with Gasteiger partial charge in [-0.1, -0.05) is 20.8 Å². The number of hydrogen-bond acceptors (Lipinski definition) is 1. The Hall–Kier alpha value is -0.0400. The summed E-state index contributed by atoms with van der Waals surface area (Å²) in [5, 5.41) is 10.1. The largest absolute Gasteiger partial charge is 0.393 e. The monoisotopic (exact) mass is 290 g/mol. The van der Waals surface area contributed by atoms with E-state index in [0.29, 0.717) is 10.8 Å². The molecule has 4 saturated carbocycles. The molecule has 1 N–H and O–H groups in total. The van der Waals surface area contributed by atoms with Gasteiger partial charge in [0.2, 0.25) is 0 Å².